The highest BCUT2D eigenvalue weighted by Crippen LogP contribution is 2.46. The smallest absolute Gasteiger partial charge is 0.250 e. The Morgan fingerprint density at radius 1 is 1.07 bits per heavy atom. The van der Waals surface area contributed by atoms with Crippen LogP contribution in [0.5, 0.6) is 0 Å². The summed E-state index contributed by atoms with van der Waals surface area (Å²) in [6.45, 7) is 0.959. The molecule has 0 radical (unpaired) electrons. The maximum absolute atomic E-state index is 13.5. The Balaban J connectivity index is 1.36. The number of nitriles is 1. The molecule has 3 aromatic rings. The minimum Gasteiger partial charge on any atom is -0.369 e. The number of carbonyl (C=O) groups is 1. The maximum Gasteiger partial charge on any atom is 0.250 e. The second-order valence-corrected chi connectivity index (χ2v) is 14.8. The minimum atomic E-state index is -2.96. The van der Waals surface area contributed by atoms with E-state index in [9.17, 15) is 23.3 Å². The minimum absolute atomic E-state index is 0.0632. The van der Waals surface area contributed by atoms with Crippen LogP contribution in [0.3, 0.4) is 0 Å². The van der Waals surface area contributed by atoms with E-state index in [1.807, 2.05) is 24.3 Å². The van der Waals surface area contributed by atoms with Crippen LogP contribution in [-0.2, 0) is 21.7 Å². The van der Waals surface area contributed by atoms with Gasteiger partial charge in [-0.25, -0.2) is 13.4 Å². The number of amides is 1. The summed E-state index contributed by atoms with van der Waals surface area (Å²) in [5.74, 6) is -0.0911. The quantitative estimate of drug-likeness (QED) is 0.462. The summed E-state index contributed by atoms with van der Waals surface area (Å²) in [4.78, 5) is 33.8. The summed E-state index contributed by atoms with van der Waals surface area (Å²) >= 11 is 1.56. The average Bonchev–Trinajstić information content (AvgIpc) is 3.61. The average molecular weight is 592 g/mol. The number of sulfone groups is 1. The number of carbonyl (C=O) groups excluding carboxylic acids is 1. The Labute approximate surface area is 243 Å². The Bertz CT molecular complexity index is 1670. The third-order valence-corrected chi connectivity index (χ3v) is 11.4. The van der Waals surface area contributed by atoms with Crippen molar-refractivity contribution in [2.75, 3.05) is 29.5 Å². The molecule has 11 heteroatoms. The topological polar surface area (TPSA) is 125 Å². The molecule has 3 aliphatic rings. The molecule has 0 spiro atoms. The lowest BCUT2D eigenvalue weighted by Gasteiger charge is -2.31. The van der Waals surface area contributed by atoms with Crippen LogP contribution in [0, 0.1) is 17.2 Å². The predicted molar refractivity (Wildman–Crippen MR) is 160 cm³/mol. The van der Waals surface area contributed by atoms with Crippen molar-refractivity contribution in [2.45, 2.75) is 50.0 Å². The first-order valence-electron chi connectivity index (χ1n) is 14.1. The van der Waals surface area contributed by atoms with Crippen LogP contribution in [0.15, 0.2) is 47.4 Å². The van der Waals surface area contributed by atoms with Gasteiger partial charge in [0.2, 0.25) is 11.5 Å². The lowest BCUT2D eigenvalue weighted by Crippen LogP contribution is -2.42. The highest BCUT2D eigenvalue weighted by atomic mass is 32.2. The van der Waals surface area contributed by atoms with E-state index in [0.29, 0.717) is 25.9 Å². The largest absolute Gasteiger partial charge is 0.369 e. The van der Waals surface area contributed by atoms with E-state index in [0.717, 1.165) is 58.1 Å². The lowest BCUT2D eigenvalue weighted by atomic mass is 9.76. The molecule has 0 bridgehead atoms. The van der Waals surface area contributed by atoms with Gasteiger partial charge in [0.25, 0.3) is 0 Å². The molecule has 0 unspecified atom stereocenters. The van der Waals surface area contributed by atoms with Gasteiger partial charge in [0, 0.05) is 55.5 Å². The molecular formula is C30H33N5O4S2. The zero-order chi connectivity index (χ0) is 28.8. The fourth-order valence-corrected chi connectivity index (χ4v) is 8.25. The van der Waals surface area contributed by atoms with Gasteiger partial charge in [-0.2, -0.15) is 5.26 Å². The second kappa shape index (κ2) is 10.7. The van der Waals surface area contributed by atoms with E-state index in [4.69, 9.17) is 4.98 Å². The van der Waals surface area contributed by atoms with Crippen molar-refractivity contribution in [1.82, 2.24) is 14.9 Å². The standard InChI is InChI=1S/C30H33N5O4S2/c1-34-18-21(8-11-25(34)36)29-32-26(23-4-2-3-5-24(23)28(37)33-30(19-31)12-13-30)27(40-29)20-6-9-22(10-7-20)35-14-16-41(38,39)17-15-35/h6-11,18,23-24H,2-5,12-17H2,1H3,(H,33,37)/t23-,24-/m1/s1. The summed E-state index contributed by atoms with van der Waals surface area (Å²) in [7, 11) is -1.25. The van der Waals surface area contributed by atoms with Crippen LogP contribution in [-0.4, -0.2) is 54.0 Å². The number of nitrogens with one attached hydrogen (secondary N) is 1. The molecule has 1 amide bonds. The maximum atomic E-state index is 13.5. The van der Waals surface area contributed by atoms with Gasteiger partial charge in [0.05, 0.1) is 28.1 Å². The number of hydrogen-bond donors (Lipinski definition) is 1. The van der Waals surface area contributed by atoms with Crippen molar-refractivity contribution >= 4 is 32.8 Å². The predicted octanol–water partition coefficient (Wildman–Crippen LogP) is 3.86. The monoisotopic (exact) mass is 591 g/mol. The van der Waals surface area contributed by atoms with Crippen molar-refractivity contribution in [3.05, 3.63) is 58.6 Å². The van der Waals surface area contributed by atoms with Gasteiger partial charge < -0.3 is 14.8 Å². The van der Waals surface area contributed by atoms with Crippen molar-refractivity contribution < 1.29 is 13.2 Å². The first-order valence-corrected chi connectivity index (χ1v) is 16.8. The van der Waals surface area contributed by atoms with E-state index < -0.39 is 15.4 Å². The molecule has 214 valence electrons. The van der Waals surface area contributed by atoms with Gasteiger partial charge in [0.15, 0.2) is 9.84 Å². The number of nitrogens with zero attached hydrogens (tertiary/aromatic N) is 4. The normalized spacial score (nSPS) is 23.0. The van der Waals surface area contributed by atoms with E-state index in [2.05, 4.69) is 16.3 Å². The molecule has 6 rings (SSSR count). The molecule has 2 aliphatic carbocycles. The number of pyridine rings is 1. The van der Waals surface area contributed by atoms with Gasteiger partial charge in [-0.15, -0.1) is 11.3 Å². The van der Waals surface area contributed by atoms with Crippen LogP contribution >= 0.6 is 11.3 Å². The third kappa shape index (κ3) is 5.68. The number of hydrogen-bond acceptors (Lipinski definition) is 8. The van der Waals surface area contributed by atoms with Crippen molar-refractivity contribution in [1.29, 1.82) is 5.26 Å². The summed E-state index contributed by atoms with van der Waals surface area (Å²) < 4.78 is 25.3. The summed E-state index contributed by atoms with van der Waals surface area (Å²) in [5.41, 5.74) is 2.89. The molecule has 41 heavy (non-hydrogen) atoms. The van der Waals surface area contributed by atoms with Crippen LogP contribution < -0.4 is 15.8 Å². The van der Waals surface area contributed by atoms with Crippen molar-refractivity contribution in [3.63, 3.8) is 0 Å². The number of aromatic nitrogens is 2. The van der Waals surface area contributed by atoms with Crippen LogP contribution in [0.25, 0.3) is 21.0 Å². The van der Waals surface area contributed by atoms with Crippen LogP contribution in [0.1, 0.15) is 50.1 Å². The summed E-state index contributed by atoms with van der Waals surface area (Å²) in [5, 5.41) is 13.4. The van der Waals surface area contributed by atoms with Gasteiger partial charge in [-0.3, -0.25) is 9.59 Å². The first-order chi connectivity index (χ1) is 19.7. The molecule has 1 aromatic carbocycles. The molecular weight excluding hydrogens is 558 g/mol. The van der Waals surface area contributed by atoms with Gasteiger partial charge >= 0.3 is 0 Å². The zero-order valence-corrected chi connectivity index (χ0v) is 24.6. The van der Waals surface area contributed by atoms with Gasteiger partial charge in [-0.1, -0.05) is 25.0 Å². The van der Waals surface area contributed by atoms with Crippen molar-refractivity contribution in [2.24, 2.45) is 13.0 Å². The Morgan fingerprint density at radius 3 is 2.41 bits per heavy atom. The molecule has 2 atom stereocenters. The number of rotatable bonds is 6. The molecule has 9 nitrogen and oxygen atoms in total. The van der Waals surface area contributed by atoms with Crippen LogP contribution in [0.2, 0.25) is 0 Å². The molecule has 3 fully saturated rings. The molecule has 3 heterocycles. The van der Waals surface area contributed by atoms with E-state index in [-0.39, 0.29) is 34.8 Å². The highest BCUT2D eigenvalue weighted by Gasteiger charge is 2.47. The van der Waals surface area contributed by atoms with Gasteiger partial charge in [-0.05, 0) is 49.4 Å². The Kier molecular flexibility index (Phi) is 7.24. The molecule has 1 N–H and O–H groups in total. The van der Waals surface area contributed by atoms with Crippen molar-refractivity contribution in [3.8, 4) is 27.1 Å². The van der Waals surface area contributed by atoms with E-state index in [1.165, 1.54) is 10.6 Å². The fourth-order valence-electron chi connectivity index (χ4n) is 5.92. The number of thiazole rings is 1. The number of benzene rings is 1. The summed E-state index contributed by atoms with van der Waals surface area (Å²) in [6, 6.07) is 13.8. The second-order valence-electron chi connectivity index (χ2n) is 11.5. The molecule has 2 aromatic heterocycles. The Morgan fingerprint density at radius 2 is 1.76 bits per heavy atom. The highest BCUT2D eigenvalue weighted by molar-refractivity contribution is 7.91. The SMILES string of the molecule is Cn1cc(-c2nc([C@@H]3CCCC[C@H]3C(=O)NC3(C#N)CC3)c(-c3ccc(N4CCS(=O)(=O)CC4)cc3)s2)ccc1=O. The molecule has 2 saturated carbocycles. The third-order valence-electron chi connectivity index (χ3n) is 8.61. The van der Waals surface area contributed by atoms with E-state index in [1.54, 1.807) is 30.6 Å². The van der Waals surface area contributed by atoms with E-state index >= 15 is 0 Å². The molecule has 1 aliphatic heterocycles. The Hall–Kier alpha value is -3.49. The number of anilines is 1. The zero-order valence-electron chi connectivity index (χ0n) is 23.0. The summed E-state index contributed by atoms with van der Waals surface area (Å²) in [6.07, 6.45) is 6.73. The van der Waals surface area contributed by atoms with Gasteiger partial charge in [0.1, 0.15) is 10.5 Å². The molecule has 1 saturated heterocycles. The first kappa shape index (κ1) is 27.7. The van der Waals surface area contributed by atoms with Crippen LogP contribution in [0.4, 0.5) is 5.69 Å². The number of aryl methyl sites for hydroxylation is 1. The fraction of sp³-hybridized carbons (Fsp3) is 0.467. The lowest BCUT2D eigenvalue weighted by molar-refractivity contribution is -0.127.